The topological polar surface area (TPSA) is 161 Å². The molecule has 0 aromatic carbocycles. The van der Waals surface area contributed by atoms with Gasteiger partial charge in [-0.05, 0) is 27.7 Å². The van der Waals surface area contributed by atoms with Crippen LogP contribution in [0.25, 0.3) is 0 Å². The van der Waals surface area contributed by atoms with Gasteiger partial charge in [0.05, 0.1) is 0 Å². The first-order chi connectivity index (χ1) is 6.93. The molecule has 0 unspecified atom stereocenters. The maximum absolute atomic E-state index is 8.89. The molecule has 0 bridgehead atoms. The van der Waals surface area contributed by atoms with Gasteiger partial charge in [0.2, 0.25) is 0 Å². The molecule has 0 aliphatic rings. The van der Waals surface area contributed by atoms with Crippen LogP contribution in [0, 0.1) is 41.7 Å². The molecule has 0 amide bonds. The summed E-state index contributed by atoms with van der Waals surface area (Å²) in [6, 6.07) is 0. The van der Waals surface area contributed by atoms with Crippen LogP contribution in [0.3, 0.4) is 0 Å². The second-order valence-electron chi connectivity index (χ2n) is 1.97. The number of carboxylic acids is 4. The summed E-state index contributed by atoms with van der Waals surface area (Å²) in [5, 5.41) is 35.6. The number of carbonyl (C=O) groups is 4. The van der Waals surface area contributed by atoms with Gasteiger partial charge < -0.3 is 39.6 Å². The van der Waals surface area contributed by atoms with Crippen LogP contribution in [-0.4, -0.2) is 23.9 Å². The molecule has 0 aliphatic carbocycles. The third-order valence-electron chi connectivity index (χ3n) is 0. The molecule has 0 fully saturated rings. The minimum absolute atomic E-state index is 0. The minimum atomic E-state index is -1.08. The summed E-state index contributed by atoms with van der Waals surface area (Å²) in [4.78, 5) is 35.6. The van der Waals surface area contributed by atoms with Gasteiger partial charge in [0, 0.05) is 23.9 Å². The average Bonchev–Trinajstić information content (AvgIpc) is 1.76. The Labute approximate surface area is 160 Å². The van der Waals surface area contributed by atoms with E-state index in [-0.39, 0.29) is 71.3 Å². The fourth-order valence-corrected chi connectivity index (χ4v) is 0. The van der Waals surface area contributed by atoms with Gasteiger partial charge in [-0.15, -0.1) is 0 Å². The molecule has 8 nitrogen and oxygen atoms in total. The molecule has 0 spiro atoms. The number of carboxylic acid groups (broad SMARTS) is 4. The van der Waals surface area contributed by atoms with Crippen molar-refractivity contribution >= 4 is 23.9 Å². The average molecular weight is 399 g/mol. The van der Waals surface area contributed by atoms with Crippen molar-refractivity contribution in [2.75, 3.05) is 0 Å². The zero-order valence-corrected chi connectivity index (χ0v) is 15.9. The molecule has 18 heavy (non-hydrogen) atoms. The van der Waals surface area contributed by atoms with E-state index in [2.05, 4.69) is 0 Å². The molecule has 0 heterocycles. The van der Waals surface area contributed by atoms with E-state index in [9.17, 15) is 0 Å². The molecule has 1 radical (unpaired) electrons. The van der Waals surface area contributed by atoms with Gasteiger partial charge in [0.25, 0.3) is 0 Å². The van der Waals surface area contributed by atoms with Crippen molar-refractivity contribution in [2.24, 2.45) is 0 Å². The van der Waals surface area contributed by atoms with Crippen molar-refractivity contribution in [1.82, 2.24) is 0 Å². The Bertz CT molecular complexity index is 167. The Kier molecular flexibility index (Phi) is 61.0. The first kappa shape index (κ1) is 36.2. The van der Waals surface area contributed by atoms with E-state index in [1.54, 1.807) is 0 Å². The van der Waals surface area contributed by atoms with E-state index in [0.717, 1.165) is 27.7 Å². The number of carbonyl (C=O) groups excluding carboxylic acids is 4. The number of hydrogen-bond donors (Lipinski definition) is 0. The molecular formula is C8H12CeNaO8. The fourth-order valence-electron chi connectivity index (χ4n) is 0. The first-order valence-corrected chi connectivity index (χ1v) is 3.63. The summed E-state index contributed by atoms with van der Waals surface area (Å²) in [5.41, 5.74) is 0. The van der Waals surface area contributed by atoms with Crippen molar-refractivity contribution < 1.29 is 111 Å². The van der Waals surface area contributed by atoms with Crippen LogP contribution in [0.4, 0.5) is 0 Å². The van der Waals surface area contributed by atoms with Gasteiger partial charge in [-0.1, -0.05) is 0 Å². The summed E-state index contributed by atoms with van der Waals surface area (Å²) in [5.74, 6) is -4.33. The molecule has 0 N–H and O–H groups in total. The summed E-state index contributed by atoms with van der Waals surface area (Å²) in [6.45, 7) is 3.89. The smallest absolute Gasteiger partial charge is 0.550 e. The predicted octanol–water partition coefficient (Wildman–Crippen LogP) is -7.97. The Morgan fingerprint density at radius 1 is 0.556 bits per heavy atom. The molecule has 10 heteroatoms. The first-order valence-electron chi connectivity index (χ1n) is 3.63. The maximum atomic E-state index is 8.89. The monoisotopic (exact) mass is 399 g/mol. The maximum Gasteiger partial charge on any atom is 3.00 e. The van der Waals surface area contributed by atoms with Crippen LogP contribution in [0.2, 0.25) is 0 Å². The van der Waals surface area contributed by atoms with Crippen molar-refractivity contribution in [2.45, 2.75) is 27.7 Å². The van der Waals surface area contributed by atoms with Crippen LogP contribution < -0.4 is 50.0 Å². The number of hydrogen-bond acceptors (Lipinski definition) is 8. The summed E-state index contributed by atoms with van der Waals surface area (Å²) in [6.07, 6.45) is 0. The summed E-state index contributed by atoms with van der Waals surface area (Å²) >= 11 is 0. The van der Waals surface area contributed by atoms with Crippen LogP contribution in [0.15, 0.2) is 0 Å². The van der Waals surface area contributed by atoms with E-state index < -0.39 is 23.9 Å². The van der Waals surface area contributed by atoms with E-state index in [0.29, 0.717) is 0 Å². The molecule has 0 rings (SSSR count). The van der Waals surface area contributed by atoms with Gasteiger partial charge in [0.15, 0.2) is 0 Å². The van der Waals surface area contributed by atoms with Crippen LogP contribution in [0.5, 0.6) is 0 Å². The zero-order chi connectivity index (χ0) is 14.3. The number of rotatable bonds is 0. The third kappa shape index (κ3) is 57500. The quantitative estimate of drug-likeness (QED) is 0.363. The Balaban J connectivity index is -0.0000000257. The summed E-state index contributed by atoms with van der Waals surface area (Å²) in [7, 11) is 0. The van der Waals surface area contributed by atoms with Gasteiger partial charge >= 0.3 is 71.3 Å². The van der Waals surface area contributed by atoms with Crippen LogP contribution in [-0.2, 0) is 19.2 Å². The van der Waals surface area contributed by atoms with E-state index >= 15 is 0 Å². The molecule has 0 saturated carbocycles. The van der Waals surface area contributed by atoms with Gasteiger partial charge in [-0.25, -0.2) is 0 Å². The Hall–Kier alpha value is 0.257. The van der Waals surface area contributed by atoms with E-state index in [1.807, 2.05) is 0 Å². The molecular weight excluding hydrogens is 387 g/mol. The molecule has 97 valence electrons. The summed E-state index contributed by atoms with van der Waals surface area (Å²) < 4.78 is 0. The fraction of sp³-hybridized carbons (Fsp3) is 0.500. The number of aliphatic carboxylic acids is 4. The van der Waals surface area contributed by atoms with Crippen LogP contribution in [0.1, 0.15) is 27.7 Å². The zero-order valence-electron chi connectivity index (χ0n) is 10.8. The van der Waals surface area contributed by atoms with Gasteiger partial charge in [-0.2, -0.15) is 0 Å². The van der Waals surface area contributed by atoms with Gasteiger partial charge in [-0.3, -0.25) is 0 Å². The van der Waals surface area contributed by atoms with E-state index in [1.165, 1.54) is 0 Å². The largest absolute Gasteiger partial charge is 3.00 e. The molecule has 0 aliphatic heterocycles. The van der Waals surface area contributed by atoms with Crippen molar-refractivity contribution in [3.63, 3.8) is 0 Å². The van der Waals surface area contributed by atoms with Crippen molar-refractivity contribution in [3.8, 4) is 0 Å². The predicted molar refractivity (Wildman–Crippen MR) is 42.7 cm³/mol. The molecule has 0 atom stereocenters. The van der Waals surface area contributed by atoms with Gasteiger partial charge in [0.1, 0.15) is 0 Å². The van der Waals surface area contributed by atoms with Crippen molar-refractivity contribution in [1.29, 1.82) is 0 Å². The minimum Gasteiger partial charge on any atom is -0.550 e. The second kappa shape index (κ2) is 30.4. The normalized spacial score (nSPS) is 5.56. The van der Waals surface area contributed by atoms with Crippen molar-refractivity contribution in [3.05, 3.63) is 0 Å². The van der Waals surface area contributed by atoms with E-state index in [4.69, 9.17) is 39.6 Å². The third-order valence-corrected chi connectivity index (χ3v) is 0. The molecule has 0 aromatic heterocycles. The second-order valence-corrected chi connectivity index (χ2v) is 1.97. The van der Waals surface area contributed by atoms with Crippen LogP contribution >= 0.6 is 0 Å². The molecule has 0 saturated heterocycles. The SMILES string of the molecule is CC(=O)[O-].CC(=O)[O-].CC(=O)[O-].CC(=O)[O-].[Ce+3].[Na+]. The standard InChI is InChI=1S/4C2H4O2.Ce.Na/c4*1-2(3)4;;/h4*1H3,(H,3,4);;/q;;;;+3;+1/p-4. The Morgan fingerprint density at radius 3 is 0.556 bits per heavy atom. The Morgan fingerprint density at radius 2 is 0.556 bits per heavy atom. The molecule has 0 aromatic rings.